The number of carbonyl (C=O) groups is 1. The zero-order valence-corrected chi connectivity index (χ0v) is 14.4. The average Bonchev–Trinajstić information content (AvgIpc) is 2.52. The molecule has 0 fully saturated rings. The van der Waals surface area contributed by atoms with Gasteiger partial charge in [0.15, 0.2) is 0 Å². The molecule has 128 valence electrons. The molecule has 3 nitrogen and oxygen atoms in total. The van der Waals surface area contributed by atoms with Crippen LogP contribution in [0, 0.1) is 0 Å². The maximum absolute atomic E-state index is 10.9. The van der Waals surface area contributed by atoms with Gasteiger partial charge in [-0.3, -0.25) is 4.79 Å². The predicted molar refractivity (Wildman–Crippen MR) is 92.8 cm³/mol. The number of aliphatic hydroxyl groups is 1. The van der Waals surface area contributed by atoms with Gasteiger partial charge in [0, 0.05) is 6.42 Å². The van der Waals surface area contributed by atoms with Crippen LogP contribution in [0.3, 0.4) is 0 Å². The van der Waals surface area contributed by atoms with Crippen LogP contribution in [-0.2, 0) is 9.53 Å². The highest BCUT2D eigenvalue weighted by Crippen LogP contribution is 2.08. The monoisotopic (exact) mass is 310 g/mol. The molecule has 1 atom stereocenters. The number of carbonyl (C=O) groups excluding carboxylic acids is 1. The molecule has 1 N–H and O–H groups in total. The van der Waals surface area contributed by atoms with Gasteiger partial charge in [-0.15, -0.1) is 0 Å². The van der Waals surface area contributed by atoms with E-state index in [0.717, 1.165) is 38.5 Å². The van der Waals surface area contributed by atoms with E-state index in [9.17, 15) is 9.90 Å². The van der Waals surface area contributed by atoms with Gasteiger partial charge in [-0.2, -0.15) is 0 Å². The molecule has 0 rings (SSSR count). The minimum Gasteiger partial charge on any atom is -0.469 e. The Morgan fingerprint density at radius 1 is 0.955 bits per heavy atom. The molecule has 0 amide bonds. The lowest BCUT2D eigenvalue weighted by atomic mass is 10.1. The first-order valence-corrected chi connectivity index (χ1v) is 8.79. The number of hydrogen-bond acceptors (Lipinski definition) is 3. The molecule has 0 spiro atoms. The molecule has 1 unspecified atom stereocenters. The Labute approximate surface area is 136 Å². The summed E-state index contributed by atoms with van der Waals surface area (Å²) in [6.45, 7) is 2.19. The lowest BCUT2D eigenvalue weighted by Gasteiger charge is -2.01. The quantitative estimate of drug-likeness (QED) is 0.281. The Morgan fingerprint density at radius 3 is 2.09 bits per heavy atom. The lowest BCUT2D eigenvalue weighted by Crippen LogP contribution is -1.99. The Bertz CT molecular complexity index is 308. The maximum atomic E-state index is 10.9. The van der Waals surface area contributed by atoms with Crippen molar-refractivity contribution >= 4 is 5.97 Å². The van der Waals surface area contributed by atoms with E-state index < -0.39 is 6.10 Å². The summed E-state index contributed by atoms with van der Waals surface area (Å²) in [5.41, 5.74) is 0. The van der Waals surface area contributed by atoms with E-state index in [-0.39, 0.29) is 5.97 Å². The standard InChI is InChI=1S/C19H34O3/c1-3-4-5-9-12-15-18(20)16-13-10-7-6-8-11-14-17-19(21)22-2/h12-13,15-16,18,20H,3-11,14,17H2,1-2H3. The molecule has 0 bridgehead atoms. The predicted octanol–water partition coefficient (Wildman–Crippen LogP) is 4.94. The summed E-state index contributed by atoms with van der Waals surface area (Å²) in [7, 11) is 1.43. The highest BCUT2D eigenvalue weighted by molar-refractivity contribution is 5.68. The first-order chi connectivity index (χ1) is 10.7. The minimum absolute atomic E-state index is 0.111. The number of aliphatic hydroxyl groups excluding tert-OH is 1. The number of unbranched alkanes of at least 4 members (excludes halogenated alkanes) is 8. The molecular weight excluding hydrogens is 276 g/mol. The van der Waals surface area contributed by atoms with Crippen LogP contribution in [0.5, 0.6) is 0 Å². The first kappa shape index (κ1) is 20.9. The van der Waals surface area contributed by atoms with Crippen LogP contribution >= 0.6 is 0 Å². The van der Waals surface area contributed by atoms with Crippen LogP contribution in [0.25, 0.3) is 0 Å². The highest BCUT2D eigenvalue weighted by atomic mass is 16.5. The molecule has 0 radical (unpaired) electrons. The van der Waals surface area contributed by atoms with Crippen molar-refractivity contribution in [1.29, 1.82) is 0 Å². The second-order valence-corrected chi connectivity index (χ2v) is 5.73. The molecule has 22 heavy (non-hydrogen) atoms. The fraction of sp³-hybridized carbons (Fsp3) is 0.737. The maximum Gasteiger partial charge on any atom is 0.305 e. The van der Waals surface area contributed by atoms with E-state index >= 15 is 0 Å². The van der Waals surface area contributed by atoms with Gasteiger partial charge in [0.25, 0.3) is 0 Å². The second-order valence-electron chi connectivity index (χ2n) is 5.73. The number of methoxy groups -OCH3 is 1. The summed E-state index contributed by atoms with van der Waals surface area (Å²) in [5.74, 6) is -0.111. The Morgan fingerprint density at radius 2 is 1.50 bits per heavy atom. The average molecular weight is 310 g/mol. The molecule has 0 aromatic heterocycles. The second kappa shape index (κ2) is 16.3. The van der Waals surface area contributed by atoms with Gasteiger partial charge in [0.05, 0.1) is 13.2 Å². The third-order valence-electron chi connectivity index (χ3n) is 3.62. The molecule has 0 aliphatic heterocycles. The van der Waals surface area contributed by atoms with Crippen molar-refractivity contribution in [2.75, 3.05) is 7.11 Å². The van der Waals surface area contributed by atoms with E-state index in [2.05, 4.69) is 23.8 Å². The van der Waals surface area contributed by atoms with Gasteiger partial charge in [-0.05, 0) is 32.1 Å². The fourth-order valence-electron chi connectivity index (χ4n) is 2.21. The van der Waals surface area contributed by atoms with E-state index in [1.54, 1.807) is 0 Å². The smallest absolute Gasteiger partial charge is 0.305 e. The largest absolute Gasteiger partial charge is 0.469 e. The van der Waals surface area contributed by atoms with Crippen LogP contribution in [0.4, 0.5) is 0 Å². The molecule has 0 aliphatic rings. The molecule has 0 aliphatic carbocycles. The Balaban J connectivity index is 3.40. The summed E-state index contributed by atoms with van der Waals surface area (Å²) in [6, 6.07) is 0. The molecular formula is C19H34O3. The van der Waals surface area contributed by atoms with E-state index in [1.165, 1.54) is 32.8 Å². The lowest BCUT2D eigenvalue weighted by molar-refractivity contribution is -0.140. The van der Waals surface area contributed by atoms with Gasteiger partial charge in [-0.1, -0.05) is 63.3 Å². The van der Waals surface area contributed by atoms with Gasteiger partial charge < -0.3 is 9.84 Å². The van der Waals surface area contributed by atoms with Crippen LogP contribution in [0.15, 0.2) is 24.3 Å². The number of rotatable bonds is 14. The van der Waals surface area contributed by atoms with Gasteiger partial charge >= 0.3 is 5.97 Å². The van der Waals surface area contributed by atoms with Gasteiger partial charge in [0.1, 0.15) is 0 Å². The van der Waals surface area contributed by atoms with Gasteiger partial charge in [0.2, 0.25) is 0 Å². The van der Waals surface area contributed by atoms with Crippen molar-refractivity contribution in [1.82, 2.24) is 0 Å². The number of esters is 1. The summed E-state index contributed by atoms with van der Waals surface area (Å²) in [4.78, 5) is 10.9. The summed E-state index contributed by atoms with van der Waals surface area (Å²) in [5, 5.41) is 9.74. The number of ether oxygens (including phenoxy) is 1. The molecule has 0 aromatic rings. The van der Waals surface area contributed by atoms with Crippen LogP contribution < -0.4 is 0 Å². The van der Waals surface area contributed by atoms with Gasteiger partial charge in [-0.25, -0.2) is 0 Å². The van der Waals surface area contributed by atoms with Crippen molar-refractivity contribution in [3.63, 3.8) is 0 Å². The minimum atomic E-state index is -0.443. The third kappa shape index (κ3) is 15.3. The number of hydrogen-bond donors (Lipinski definition) is 1. The molecule has 3 heteroatoms. The van der Waals surface area contributed by atoms with Crippen LogP contribution in [0.2, 0.25) is 0 Å². The van der Waals surface area contributed by atoms with E-state index in [0.29, 0.717) is 6.42 Å². The van der Waals surface area contributed by atoms with Crippen molar-refractivity contribution in [3.05, 3.63) is 24.3 Å². The molecule has 0 saturated heterocycles. The zero-order chi connectivity index (χ0) is 16.5. The third-order valence-corrected chi connectivity index (χ3v) is 3.62. The van der Waals surface area contributed by atoms with E-state index in [1.807, 2.05) is 12.2 Å². The van der Waals surface area contributed by atoms with Crippen molar-refractivity contribution in [2.45, 2.75) is 83.7 Å². The Kier molecular flexibility index (Phi) is 15.5. The first-order valence-electron chi connectivity index (χ1n) is 8.79. The van der Waals surface area contributed by atoms with Crippen molar-refractivity contribution in [2.24, 2.45) is 0 Å². The normalized spacial score (nSPS) is 13.0. The van der Waals surface area contributed by atoms with Crippen molar-refractivity contribution in [3.8, 4) is 0 Å². The number of allylic oxidation sites excluding steroid dienone is 2. The molecule has 0 aromatic carbocycles. The van der Waals surface area contributed by atoms with Crippen LogP contribution in [0.1, 0.15) is 77.6 Å². The SMILES string of the molecule is CCCCCC=CC(O)C=CCCCCCCCC(=O)OC. The zero-order valence-electron chi connectivity index (χ0n) is 14.4. The Hall–Kier alpha value is -1.09. The van der Waals surface area contributed by atoms with Crippen molar-refractivity contribution < 1.29 is 14.6 Å². The fourth-order valence-corrected chi connectivity index (χ4v) is 2.21. The summed E-state index contributed by atoms with van der Waals surface area (Å²) >= 11 is 0. The molecule has 0 heterocycles. The summed E-state index contributed by atoms with van der Waals surface area (Å²) < 4.78 is 4.60. The topological polar surface area (TPSA) is 46.5 Å². The van der Waals surface area contributed by atoms with E-state index in [4.69, 9.17) is 0 Å². The molecule has 0 saturated carbocycles. The van der Waals surface area contributed by atoms with Crippen LogP contribution in [-0.4, -0.2) is 24.3 Å². The highest BCUT2D eigenvalue weighted by Gasteiger charge is 1.98. The summed E-state index contributed by atoms with van der Waals surface area (Å²) in [6.07, 6.45) is 19.2.